The van der Waals surface area contributed by atoms with Crippen LogP contribution in [0.3, 0.4) is 0 Å². The van der Waals surface area contributed by atoms with Crippen LogP contribution in [-0.4, -0.2) is 37.4 Å². The van der Waals surface area contributed by atoms with Gasteiger partial charge in [-0.25, -0.2) is 4.79 Å². The lowest BCUT2D eigenvalue weighted by Gasteiger charge is -2.31. The lowest BCUT2D eigenvalue weighted by Crippen LogP contribution is -2.38. The number of ether oxygens (including phenoxy) is 2. The minimum absolute atomic E-state index is 0.194. The molecule has 0 aliphatic heterocycles. The summed E-state index contributed by atoms with van der Waals surface area (Å²) in [6.45, 7) is 7.62. The maximum absolute atomic E-state index is 11.9. The molecule has 1 unspecified atom stereocenters. The Balaban J connectivity index is 2.33. The average Bonchev–Trinajstić information content (AvgIpc) is 2.46. The highest BCUT2D eigenvalue weighted by Crippen LogP contribution is 2.23. The third-order valence-electron chi connectivity index (χ3n) is 3.81. The monoisotopic (exact) mass is 285 g/mol. The summed E-state index contributed by atoms with van der Waals surface area (Å²) in [6, 6.07) is 0.627. The van der Waals surface area contributed by atoms with Crippen molar-refractivity contribution in [3.8, 4) is 0 Å². The first-order valence-electron chi connectivity index (χ1n) is 8.26. The van der Waals surface area contributed by atoms with Gasteiger partial charge >= 0.3 is 5.97 Å². The molecule has 1 N–H and O–H groups in total. The van der Waals surface area contributed by atoms with Crippen LogP contribution in [0.5, 0.6) is 0 Å². The molecule has 0 aromatic rings. The zero-order valence-electron chi connectivity index (χ0n) is 13.3. The maximum Gasteiger partial charge on any atom is 0.335 e. The number of carbonyl (C=O) groups is 1. The van der Waals surface area contributed by atoms with E-state index < -0.39 is 0 Å². The first-order chi connectivity index (χ1) is 9.71. The van der Waals surface area contributed by atoms with Gasteiger partial charge in [-0.3, -0.25) is 0 Å². The van der Waals surface area contributed by atoms with E-state index in [1.54, 1.807) is 0 Å². The summed E-state index contributed by atoms with van der Waals surface area (Å²) >= 11 is 0. The molecular weight excluding hydrogens is 254 g/mol. The van der Waals surface area contributed by atoms with Crippen molar-refractivity contribution >= 4 is 5.97 Å². The molecule has 4 heteroatoms. The Morgan fingerprint density at radius 2 is 1.85 bits per heavy atom. The Labute approximate surface area is 123 Å². The Kier molecular flexibility index (Phi) is 8.86. The molecule has 0 heterocycles. The first-order valence-corrected chi connectivity index (χ1v) is 8.26. The molecule has 0 spiro atoms. The van der Waals surface area contributed by atoms with E-state index in [1.165, 1.54) is 6.42 Å². The number of rotatable bonds is 9. The van der Waals surface area contributed by atoms with Crippen molar-refractivity contribution < 1.29 is 14.3 Å². The maximum atomic E-state index is 11.9. The molecule has 0 aromatic heterocycles. The summed E-state index contributed by atoms with van der Waals surface area (Å²) in [7, 11) is 0. The molecule has 20 heavy (non-hydrogen) atoms. The van der Waals surface area contributed by atoms with E-state index in [9.17, 15) is 4.79 Å². The zero-order chi connectivity index (χ0) is 14.8. The number of nitrogens with one attached hydrogen (secondary N) is 1. The van der Waals surface area contributed by atoms with E-state index in [4.69, 9.17) is 9.47 Å². The minimum atomic E-state index is -0.370. The number of carbonyl (C=O) groups excluding carboxylic acids is 1. The first kappa shape index (κ1) is 17.4. The standard InChI is InChI=1S/C16H31NO3/c1-4-7-15(16(18)19-6-3)20-14-10-8-13(9-11-14)17-12-5-2/h13-15,17H,4-12H2,1-3H3. The van der Waals surface area contributed by atoms with Crippen molar-refractivity contribution in [3.05, 3.63) is 0 Å². The molecule has 0 aromatic carbocycles. The predicted octanol–water partition coefficient (Wildman–Crippen LogP) is 3.05. The Bertz CT molecular complexity index is 262. The fourth-order valence-corrected chi connectivity index (χ4v) is 2.72. The molecule has 0 bridgehead atoms. The molecule has 0 amide bonds. The van der Waals surface area contributed by atoms with Crippen LogP contribution in [0.15, 0.2) is 0 Å². The molecule has 1 fully saturated rings. The second kappa shape index (κ2) is 10.2. The number of hydrogen-bond acceptors (Lipinski definition) is 4. The van der Waals surface area contributed by atoms with Gasteiger partial charge in [-0.05, 0) is 52.0 Å². The van der Waals surface area contributed by atoms with Crippen molar-refractivity contribution in [2.24, 2.45) is 0 Å². The van der Waals surface area contributed by atoms with Gasteiger partial charge in [-0.2, -0.15) is 0 Å². The van der Waals surface area contributed by atoms with Crippen LogP contribution < -0.4 is 5.32 Å². The number of hydrogen-bond donors (Lipinski definition) is 1. The van der Waals surface area contributed by atoms with Crippen molar-refractivity contribution in [2.45, 2.75) is 84.0 Å². The van der Waals surface area contributed by atoms with Crippen LogP contribution in [0.1, 0.15) is 65.7 Å². The SMILES string of the molecule is CCCNC1CCC(OC(CCC)C(=O)OCC)CC1. The van der Waals surface area contributed by atoms with Gasteiger partial charge in [0, 0.05) is 6.04 Å². The van der Waals surface area contributed by atoms with E-state index >= 15 is 0 Å². The minimum Gasteiger partial charge on any atom is -0.464 e. The van der Waals surface area contributed by atoms with Gasteiger partial charge in [0.05, 0.1) is 12.7 Å². The Morgan fingerprint density at radius 1 is 1.15 bits per heavy atom. The number of esters is 1. The lowest BCUT2D eigenvalue weighted by atomic mass is 9.92. The second-order valence-corrected chi connectivity index (χ2v) is 5.59. The molecule has 1 saturated carbocycles. The summed E-state index contributed by atoms with van der Waals surface area (Å²) in [5.74, 6) is -0.194. The second-order valence-electron chi connectivity index (χ2n) is 5.59. The molecule has 118 valence electrons. The molecule has 4 nitrogen and oxygen atoms in total. The van der Waals surface area contributed by atoms with Gasteiger partial charge in [0.1, 0.15) is 0 Å². The van der Waals surface area contributed by atoms with Crippen molar-refractivity contribution in [1.29, 1.82) is 0 Å². The Morgan fingerprint density at radius 3 is 2.40 bits per heavy atom. The van der Waals surface area contributed by atoms with E-state index in [2.05, 4.69) is 19.2 Å². The van der Waals surface area contributed by atoms with Crippen LogP contribution in [0.25, 0.3) is 0 Å². The largest absolute Gasteiger partial charge is 0.464 e. The summed E-state index contributed by atoms with van der Waals surface area (Å²) in [5, 5.41) is 3.57. The van der Waals surface area contributed by atoms with Crippen LogP contribution in [-0.2, 0) is 14.3 Å². The third-order valence-corrected chi connectivity index (χ3v) is 3.81. The Hall–Kier alpha value is -0.610. The molecule has 1 aliphatic carbocycles. The quantitative estimate of drug-likeness (QED) is 0.661. The smallest absolute Gasteiger partial charge is 0.335 e. The van der Waals surface area contributed by atoms with Crippen molar-refractivity contribution in [1.82, 2.24) is 5.32 Å². The molecular formula is C16H31NO3. The van der Waals surface area contributed by atoms with Crippen LogP contribution >= 0.6 is 0 Å². The fourth-order valence-electron chi connectivity index (χ4n) is 2.72. The van der Waals surface area contributed by atoms with Gasteiger partial charge in [-0.15, -0.1) is 0 Å². The molecule has 1 atom stereocenters. The fraction of sp³-hybridized carbons (Fsp3) is 0.938. The molecule has 0 radical (unpaired) electrons. The normalized spacial score (nSPS) is 24.4. The zero-order valence-corrected chi connectivity index (χ0v) is 13.3. The summed E-state index contributed by atoms with van der Waals surface area (Å²) < 4.78 is 11.1. The van der Waals surface area contributed by atoms with Gasteiger partial charge in [-0.1, -0.05) is 20.3 Å². The topological polar surface area (TPSA) is 47.6 Å². The van der Waals surface area contributed by atoms with E-state index in [0.717, 1.165) is 45.1 Å². The highest BCUT2D eigenvalue weighted by atomic mass is 16.6. The van der Waals surface area contributed by atoms with Crippen molar-refractivity contribution in [2.75, 3.05) is 13.2 Å². The molecule has 1 aliphatic rings. The summed E-state index contributed by atoms with van der Waals surface area (Å²) in [5.41, 5.74) is 0. The predicted molar refractivity (Wildman–Crippen MR) is 80.8 cm³/mol. The van der Waals surface area contributed by atoms with E-state index in [1.807, 2.05) is 6.92 Å². The van der Waals surface area contributed by atoms with E-state index in [-0.39, 0.29) is 18.2 Å². The van der Waals surface area contributed by atoms with Crippen LogP contribution in [0, 0.1) is 0 Å². The van der Waals surface area contributed by atoms with E-state index in [0.29, 0.717) is 12.6 Å². The summed E-state index contributed by atoms with van der Waals surface area (Å²) in [6.07, 6.45) is 7.10. The highest BCUT2D eigenvalue weighted by Gasteiger charge is 2.27. The van der Waals surface area contributed by atoms with Gasteiger partial charge < -0.3 is 14.8 Å². The van der Waals surface area contributed by atoms with Gasteiger partial charge in [0.25, 0.3) is 0 Å². The lowest BCUT2D eigenvalue weighted by molar-refractivity contribution is -0.162. The third kappa shape index (κ3) is 6.23. The molecule has 0 saturated heterocycles. The highest BCUT2D eigenvalue weighted by molar-refractivity contribution is 5.74. The van der Waals surface area contributed by atoms with Crippen LogP contribution in [0.4, 0.5) is 0 Å². The van der Waals surface area contributed by atoms with Gasteiger partial charge in [0.2, 0.25) is 0 Å². The van der Waals surface area contributed by atoms with Crippen molar-refractivity contribution in [3.63, 3.8) is 0 Å². The van der Waals surface area contributed by atoms with Gasteiger partial charge in [0.15, 0.2) is 6.10 Å². The average molecular weight is 285 g/mol. The van der Waals surface area contributed by atoms with Crippen LogP contribution in [0.2, 0.25) is 0 Å². The summed E-state index contributed by atoms with van der Waals surface area (Å²) in [4.78, 5) is 11.9. The molecule has 1 rings (SSSR count).